The fraction of sp³-hybridized carbons (Fsp3) is 0.0263. The van der Waals surface area contributed by atoms with Crippen molar-refractivity contribution in [2.45, 2.75) is 6.92 Å². The molecule has 0 amide bonds. The summed E-state index contributed by atoms with van der Waals surface area (Å²) in [6, 6.07) is 37.3. The Bertz CT molecular complexity index is 2880. The summed E-state index contributed by atoms with van der Waals surface area (Å²) in [5.41, 5.74) is 7.67. The van der Waals surface area contributed by atoms with E-state index < -0.39 is 0 Å². The molecule has 0 aliphatic rings. The van der Waals surface area contributed by atoms with Crippen LogP contribution in [0.4, 0.5) is 0 Å². The molecular weight excluding hydrogens is 550 g/mol. The molecule has 4 aromatic heterocycles. The summed E-state index contributed by atoms with van der Waals surface area (Å²) < 4.78 is 17.3. The quantitative estimate of drug-likeness (QED) is 0.184. The standard InChI is InChI=1S/C38H21NO3S/c1-20-13-14-24-31(17-20)41-30-16-15-22-21-7-2-4-10-28(21)39(36(22)35(24)30)29-11-6-9-23-26-18-27-34(19-32(26)42-38(23)29)43-33-12-5-3-8-25(33)37(27)40/h2-19H,1H3. The smallest absolute Gasteiger partial charge is 0.195 e. The maximum atomic E-state index is 13.5. The van der Waals surface area contributed by atoms with E-state index in [1.807, 2.05) is 36.4 Å². The molecule has 0 spiro atoms. The first kappa shape index (κ1) is 23.2. The van der Waals surface area contributed by atoms with Gasteiger partial charge in [-0.25, -0.2) is 0 Å². The predicted molar refractivity (Wildman–Crippen MR) is 179 cm³/mol. The first-order chi connectivity index (χ1) is 21.1. The van der Waals surface area contributed by atoms with E-state index in [1.165, 1.54) is 5.39 Å². The van der Waals surface area contributed by atoms with Gasteiger partial charge < -0.3 is 13.4 Å². The molecule has 5 heteroatoms. The third-order valence-corrected chi connectivity index (χ3v) is 9.97. The minimum atomic E-state index is 0.0589. The number of fused-ring (bicyclic) bond motifs is 12. The van der Waals surface area contributed by atoms with Crippen LogP contribution < -0.4 is 5.43 Å². The van der Waals surface area contributed by atoms with Gasteiger partial charge in [-0.3, -0.25) is 4.79 Å². The molecule has 0 fully saturated rings. The summed E-state index contributed by atoms with van der Waals surface area (Å²) in [5, 5.41) is 7.92. The summed E-state index contributed by atoms with van der Waals surface area (Å²) >= 11 is 1.62. The Labute approximate surface area is 247 Å². The van der Waals surface area contributed by atoms with Gasteiger partial charge in [0.15, 0.2) is 11.0 Å². The molecule has 6 aromatic carbocycles. The van der Waals surface area contributed by atoms with Crippen molar-refractivity contribution >= 4 is 97.2 Å². The maximum Gasteiger partial charge on any atom is 0.195 e. The van der Waals surface area contributed by atoms with E-state index in [0.29, 0.717) is 0 Å². The molecule has 0 radical (unpaired) electrons. The number of hydrogen-bond donors (Lipinski definition) is 0. The lowest BCUT2D eigenvalue weighted by Crippen LogP contribution is -2.00. The Morgan fingerprint density at radius 2 is 1.37 bits per heavy atom. The van der Waals surface area contributed by atoms with Gasteiger partial charge >= 0.3 is 0 Å². The molecule has 0 saturated heterocycles. The fourth-order valence-corrected chi connectivity index (χ4v) is 8.01. The monoisotopic (exact) mass is 571 g/mol. The van der Waals surface area contributed by atoms with E-state index in [2.05, 4.69) is 84.3 Å². The highest BCUT2D eigenvalue weighted by atomic mass is 32.1. The highest BCUT2D eigenvalue weighted by Crippen LogP contribution is 2.43. The summed E-state index contributed by atoms with van der Waals surface area (Å²) in [7, 11) is 0. The number of benzene rings is 6. The summed E-state index contributed by atoms with van der Waals surface area (Å²) in [6.45, 7) is 2.09. The molecule has 4 nitrogen and oxygen atoms in total. The highest BCUT2D eigenvalue weighted by Gasteiger charge is 2.22. The number of hydrogen-bond acceptors (Lipinski definition) is 4. The molecule has 10 aromatic rings. The molecule has 43 heavy (non-hydrogen) atoms. The number of aryl methyl sites for hydroxylation is 1. The van der Waals surface area contributed by atoms with Crippen molar-refractivity contribution in [3.8, 4) is 5.69 Å². The predicted octanol–water partition coefficient (Wildman–Crippen LogP) is 10.6. The minimum Gasteiger partial charge on any atom is -0.456 e. The molecule has 0 saturated carbocycles. The zero-order valence-electron chi connectivity index (χ0n) is 23.0. The molecule has 0 aliphatic heterocycles. The molecule has 0 N–H and O–H groups in total. The Kier molecular flexibility index (Phi) is 4.38. The third kappa shape index (κ3) is 3.01. The fourth-order valence-electron chi connectivity index (χ4n) is 6.93. The van der Waals surface area contributed by atoms with E-state index in [1.54, 1.807) is 11.3 Å². The summed E-state index contributed by atoms with van der Waals surface area (Å²) in [5.74, 6) is 0. The second-order valence-electron chi connectivity index (χ2n) is 11.3. The number of nitrogens with zero attached hydrogens (tertiary/aromatic N) is 1. The first-order valence-electron chi connectivity index (χ1n) is 14.3. The van der Waals surface area contributed by atoms with Gasteiger partial charge in [0, 0.05) is 47.1 Å². The average Bonchev–Trinajstić information content (AvgIpc) is 3.69. The van der Waals surface area contributed by atoms with Crippen molar-refractivity contribution in [2.24, 2.45) is 0 Å². The van der Waals surface area contributed by atoms with Crippen LogP contribution in [-0.4, -0.2) is 4.57 Å². The molecule has 202 valence electrons. The second-order valence-corrected chi connectivity index (χ2v) is 12.4. The molecule has 0 aliphatic carbocycles. The lowest BCUT2D eigenvalue weighted by Gasteiger charge is -2.09. The van der Waals surface area contributed by atoms with Crippen LogP contribution in [0.3, 0.4) is 0 Å². The minimum absolute atomic E-state index is 0.0589. The van der Waals surface area contributed by atoms with Gasteiger partial charge in [-0.05, 0) is 67.1 Å². The van der Waals surface area contributed by atoms with Crippen LogP contribution in [0.15, 0.2) is 123 Å². The van der Waals surface area contributed by atoms with Gasteiger partial charge in [0.1, 0.15) is 16.7 Å². The highest BCUT2D eigenvalue weighted by molar-refractivity contribution is 7.24. The normalized spacial score (nSPS) is 12.4. The van der Waals surface area contributed by atoms with Crippen LogP contribution in [0.1, 0.15) is 5.56 Å². The summed E-state index contributed by atoms with van der Waals surface area (Å²) in [6.07, 6.45) is 0. The van der Waals surface area contributed by atoms with E-state index in [4.69, 9.17) is 8.83 Å². The zero-order chi connectivity index (χ0) is 28.4. The van der Waals surface area contributed by atoms with Crippen LogP contribution in [0.2, 0.25) is 0 Å². The van der Waals surface area contributed by atoms with Crippen LogP contribution in [-0.2, 0) is 0 Å². The molecule has 10 rings (SSSR count). The van der Waals surface area contributed by atoms with Crippen LogP contribution in [0, 0.1) is 6.92 Å². The average molecular weight is 572 g/mol. The van der Waals surface area contributed by atoms with E-state index in [0.717, 1.165) is 91.7 Å². The lowest BCUT2D eigenvalue weighted by atomic mass is 10.1. The van der Waals surface area contributed by atoms with Crippen LogP contribution in [0.25, 0.3) is 91.5 Å². The van der Waals surface area contributed by atoms with E-state index in [9.17, 15) is 4.79 Å². The maximum absolute atomic E-state index is 13.5. The second kappa shape index (κ2) is 8.12. The van der Waals surface area contributed by atoms with E-state index in [-0.39, 0.29) is 5.43 Å². The van der Waals surface area contributed by atoms with Crippen molar-refractivity contribution < 1.29 is 8.83 Å². The van der Waals surface area contributed by atoms with Crippen molar-refractivity contribution in [2.75, 3.05) is 0 Å². The molecular formula is C38H21NO3S. The number of aromatic nitrogens is 1. The Balaban J connectivity index is 1.37. The number of furan rings is 2. The topological polar surface area (TPSA) is 48.3 Å². The van der Waals surface area contributed by atoms with Gasteiger partial charge in [-0.15, -0.1) is 11.3 Å². The van der Waals surface area contributed by atoms with Crippen molar-refractivity contribution in [1.29, 1.82) is 0 Å². The summed E-state index contributed by atoms with van der Waals surface area (Å²) in [4.78, 5) is 13.5. The zero-order valence-corrected chi connectivity index (χ0v) is 23.8. The van der Waals surface area contributed by atoms with Crippen LogP contribution >= 0.6 is 11.3 Å². The molecule has 0 unspecified atom stereocenters. The van der Waals surface area contributed by atoms with Gasteiger partial charge in [0.25, 0.3) is 0 Å². The Hall–Kier alpha value is -5.39. The Morgan fingerprint density at radius 1 is 0.581 bits per heavy atom. The third-order valence-electron chi connectivity index (χ3n) is 8.84. The van der Waals surface area contributed by atoms with Gasteiger partial charge in [-0.1, -0.05) is 54.6 Å². The molecule has 0 atom stereocenters. The van der Waals surface area contributed by atoms with Crippen LogP contribution in [0.5, 0.6) is 0 Å². The lowest BCUT2D eigenvalue weighted by molar-refractivity contribution is 0.666. The largest absolute Gasteiger partial charge is 0.456 e. The van der Waals surface area contributed by atoms with Crippen molar-refractivity contribution in [3.63, 3.8) is 0 Å². The van der Waals surface area contributed by atoms with Gasteiger partial charge in [0.05, 0.1) is 22.1 Å². The molecule has 4 heterocycles. The van der Waals surface area contributed by atoms with Crippen molar-refractivity contribution in [1.82, 2.24) is 4.57 Å². The van der Waals surface area contributed by atoms with Crippen molar-refractivity contribution in [3.05, 3.63) is 125 Å². The number of rotatable bonds is 1. The molecule has 0 bridgehead atoms. The number of para-hydroxylation sites is 2. The van der Waals surface area contributed by atoms with Gasteiger partial charge in [-0.2, -0.15) is 0 Å². The SMILES string of the molecule is Cc1ccc2c(c1)oc1ccc3c4ccccc4n(-c4cccc5c4oc4cc6sc7ccccc7c(=O)c6cc45)c3c12. The van der Waals surface area contributed by atoms with E-state index >= 15 is 0 Å². The first-order valence-corrected chi connectivity index (χ1v) is 15.1. The van der Waals surface area contributed by atoms with Gasteiger partial charge in [0.2, 0.25) is 0 Å². The Morgan fingerprint density at radius 3 is 2.30 bits per heavy atom.